The Morgan fingerprint density at radius 1 is 1.35 bits per heavy atom. The van der Waals surface area contributed by atoms with E-state index >= 15 is 0 Å². The minimum atomic E-state index is -0.356. The number of nitrogens with one attached hydrogen (secondary N) is 3. The monoisotopic (exact) mass is 275 g/mol. The van der Waals surface area contributed by atoms with E-state index in [1.165, 1.54) is 0 Å². The molecule has 1 heterocycles. The highest BCUT2D eigenvalue weighted by Crippen LogP contribution is 2.20. The van der Waals surface area contributed by atoms with Crippen LogP contribution in [0, 0.1) is 12.8 Å². The molecule has 0 radical (unpaired) electrons. The molecule has 0 bridgehead atoms. The number of hydrogen-bond acceptors (Lipinski definition) is 3. The number of amides is 3. The van der Waals surface area contributed by atoms with E-state index in [0.29, 0.717) is 23.4 Å². The summed E-state index contributed by atoms with van der Waals surface area (Å²) in [4.78, 5) is 34.9. The highest BCUT2D eigenvalue weighted by molar-refractivity contribution is 6.01. The van der Waals surface area contributed by atoms with Crippen LogP contribution in [0.15, 0.2) is 18.2 Å². The van der Waals surface area contributed by atoms with Gasteiger partial charge in [0.15, 0.2) is 0 Å². The maximum Gasteiger partial charge on any atom is 0.251 e. The third kappa shape index (κ3) is 2.79. The molecule has 3 N–H and O–H groups in total. The van der Waals surface area contributed by atoms with Crippen molar-refractivity contribution in [2.24, 2.45) is 5.92 Å². The Hall–Kier alpha value is -2.37. The summed E-state index contributed by atoms with van der Waals surface area (Å²) in [7, 11) is 1.56. The van der Waals surface area contributed by atoms with E-state index in [4.69, 9.17) is 0 Å². The fraction of sp³-hybridized carbons (Fsp3) is 0.357. The molecule has 6 nitrogen and oxygen atoms in total. The number of hydrogen-bond donors (Lipinski definition) is 3. The summed E-state index contributed by atoms with van der Waals surface area (Å²) in [6.45, 7) is 2.14. The lowest BCUT2D eigenvalue weighted by Gasteiger charge is -2.13. The zero-order chi connectivity index (χ0) is 14.7. The largest absolute Gasteiger partial charge is 0.355 e. The molecular weight excluding hydrogens is 258 g/mol. The summed E-state index contributed by atoms with van der Waals surface area (Å²) in [5.41, 5.74) is 1.82. The van der Waals surface area contributed by atoms with Crippen LogP contribution >= 0.6 is 0 Å². The van der Waals surface area contributed by atoms with Gasteiger partial charge in [-0.1, -0.05) is 6.07 Å². The van der Waals surface area contributed by atoms with Gasteiger partial charge in [-0.25, -0.2) is 0 Å². The Morgan fingerprint density at radius 2 is 2.10 bits per heavy atom. The summed E-state index contributed by atoms with van der Waals surface area (Å²) < 4.78 is 0. The van der Waals surface area contributed by atoms with Crippen molar-refractivity contribution < 1.29 is 14.4 Å². The van der Waals surface area contributed by atoms with Gasteiger partial charge in [-0.3, -0.25) is 14.4 Å². The summed E-state index contributed by atoms with van der Waals surface area (Å²) in [6.07, 6.45) is 0.208. The van der Waals surface area contributed by atoms with Crippen molar-refractivity contribution in [2.75, 3.05) is 18.9 Å². The molecule has 1 aromatic rings. The molecule has 1 saturated heterocycles. The molecule has 0 saturated carbocycles. The minimum Gasteiger partial charge on any atom is -0.355 e. The van der Waals surface area contributed by atoms with Gasteiger partial charge in [0.1, 0.15) is 0 Å². The van der Waals surface area contributed by atoms with Crippen molar-refractivity contribution in [3.05, 3.63) is 29.3 Å². The van der Waals surface area contributed by atoms with E-state index in [2.05, 4.69) is 16.0 Å². The Balaban J connectivity index is 2.15. The molecule has 2 rings (SSSR count). The van der Waals surface area contributed by atoms with Crippen LogP contribution in [0.25, 0.3) is 0 Å². The molecule has 1 aromatic carbocycles. The van der Waals surface area contributed by atoms with E-state index in [1.807, 2.05) is 0 Å². The predicted molar refractivity (Wildman–Crippen MR) is 74.3 cm³/mol. The first kappa shape index (κ1) is 14.0. The molecule has 3 amide bonds. The molecule has 1 fully saturated rings. The third-order valence-corrected chi connectivity index (χ3v) is 3.41. The number of carbonyl (C=O) groups excluding carboxylic acids is 3. The summed E-state index contributed by atoms with van der Waals surface area (Å²) >= 11 is 0. The fourth-order valence-corrected chi connectivity index (χ4v) is 2.18. The number of anilines is 1. The van der Waals surface area contributed by atoms with E-state index in [0.717, 1.165) is 0 Å². The Kier molecular flexibility index (Phi) is 4.02. The molecule has 1 aliphatic rings. The lowest BCUT2D eigenvalue weighted by Crippen LogP contribution is -2.25. The van der Waals surface area contributed by atoms with E-state index in [9.17, 15) is 14.4 Å². The van der Waals surface area contributed by atoms with Gasteiger partial charge in [0.05, 0.1) is 5.92 Å². The van der Waals surface area contributed by atoms with Crippen molar-refractivity contribution in [3.63, 3.8) is 0 Å². The van der Waals surface area contributed by atoms with Crippen molar-refractivity contribution >= 4 is 23.4 Å². The van der Waals surface area contributed by atoms with Crippen LogP contribution in [0.5, 0.6) is 0 Å². The van der Waals surface area contributed by atoms with Crippen LogP contribution in [-0.2, 0) is 9.59 Å². The van der Waals surface area contributed by atoms with Crippen LogP contribution < -0.4 is 16.0 Å². The molecule has 0 aromatic heterocycles. The Morgan fingerprint density at radius 3 is 2.70 bits per heavy atom. The highest BCUT2D eigenvalue weighted by Gasteiger charge is 2.28. The van der Waals surface area contributed by atoms with Gasteiger partial charge in [-0.2, -0.15) is 0 Å². The van der Waals surface area contributed by atoms with Gasteiger partial charge in [-0.15, -0.1) is 0 Å². The van der Waals surface area contributed by atoms with E-state index in [-0.39, 0.29) is 30.1 Å². The van der Waals surface area contributed by atoms with Crippen LogP contribution in [0.2, 0.25) is 0 Å². The maximum absolute atomic E-state index is 12.1. The van der Waals surface area contributed by atoms with Crippen molar-refractivity contribution in [2.45, 2.75) is 13.3 Å². The first-order valence-corrected chi connectivity index (χ1v) is 6.42. The van der Waals surface area contributed by atoms with Crippen LogP contribution in [0.4, 0.5) is 5.69 Å². The fourth-order valence-electron chi connectivity index (χ4n) is 2.18. The van der Waals surface area contributed by atoms with Gasteiger partial charge in [0.25, 0.3) is 5.91 Å². The Bertz CT molecular complexity index is 569. The van der Waals surface area contributed by atoms with Gasteiger partial charge in [-0.05, 0) is 24.6 Å². The lowest BCUT2D eigenvalue weighted by atomic mass is 10.0. The zero-order valence-corrected chi connectivity index (χ0v) is 11.4. The predicted octanol–water partition coefficient (Wildman–Crippen LogP) is 0.429. The average Bonchev–Trinajstić information content (AvgIpc) is 2.87. The van der Waals surface area contributed by atoms with Gasteiger partial charge >= 0.3 is 0 Å². The van der Waals surface area contributed by atoms with Crippen LogP contribution in [0.3, 0.4) is 0 Å². The molecule has 20 heavy (non-hydrogen) atoms. The average molecular weight is 275 g/mol. The van der Waals surface area contributed by atoms with Crippen LogP contribution in [-0.4, -0.2) is 31.3 Å². The second-order valence-electron chi connectivity index (χ2n) is 4.75. The van der Waals surface area contributed by atoms with E-state index < -0.39 is 0 Å². The first-order chi connectivity index (χ1) is 9.52. The quantitative estimate of drug-likeness (QED) is 0.747. The van der Waals surface area contributed by atoms with Crippen molar-refractivity contribution in [1.29, 1.82) is 0 Å². The molecule has 0 spiro atoms. The number of benzene rings is 1. The molecule has 1 unspecified atom stereocenters. The molecule has 106 valence electrons. The summed E-state index contributed by atoms with van der Waals surface area (Å²) in [5.74, 6) is -0.872. The normalized spacial score (nSPS) is 17.5. The summed E-state index contributed by atoms with van der Waals surface area (Å²) in [6, 6.07) is 5.15. The Labute approximate surface area is 116 Å². The van der Waals surface area contributed by atoms with Gasteiger partial charge in [0.2, 0.25) is 11.8 Å². The second kappa shape index (κ2) is 5.73. The number of carbonyl (C=O) groups is 3. The third-order valence-electron chi connectivity index (χ3n) is 3.41. The van der Waals surface area contributed by atoms with Crippen LogP contribution in [0.1, 0.15) is 22.3 Å². The van der Waals surface area contributed by atoms with Crippen molar-refractivity contribution in [1.82, 2.24) is 10.6 Å². The summed E-state index contributed by atoms with van der Waals surface area (Å²) in [5, 5.41) is 7.96. The smallest absolute Gasteiger partial charge is 0.251 e. The maximum atomic E-state index is 12.1. The van der Waals surface area contributed by atoms with Gasteiger partial charge < -0.3 is 16.0 Å². The van der Waals surface area contributed by atoms with E-state index in [1.54, 1.807) is 32.2 Å². The molecule has 1 atom stereocenters. The SMILES string of the molecule is CNC(=O)c1cccc(NC(=O)C2CNC(=O)C2)c1C. The first-order valence-electron chi connectivity index (χ1n) is 6.42. The minimum absolute atomic E-state index is 0.110. The highest BCUT2D eigenvalue weighted by atomic mass is 16.2. The molecule has 6 heteroatoms. The zero-order valence-electron chi connectivity index (χ0n) is 11.4. The standard InChI is InChI=1S/C14H17N3O3/c1-8-10(14(20)15-2)4-3-5-11(8)17-13(19)9-6-12(18)16-7-9/h3-5,9H,6-7H2,1-2H3,(H,15,20)(H,16,18)(H,17,19). The lowest BCUT2D eigenvalue weighted by molar-refractivity contribution is -0.123. The molecular formula is C14H17N3O3. The van der Waals surface area contributed by atoms with Gasteiger partial charge in [0, 0.05) is 31.3 Å². The topological polar surface area (TPSA) is 87.3 Å². The number of rotatable bonds is 3. The molecule has 1 aliphatic heterocycles. The molecule has 0 aliphatic carbocycles. The van der Waals surface area contributed by atoms with Crippen molar-refractivity contribution in [3.8, 4) is 0 Å². The second-order valence-corrected chi connectivity index (χ2v) is 4.75.